The first-order valence-corrected chi connectivity index (χ1v) is 7.47. The smallest absolute Gasteiger partial charge is 0.306 e. The summed E-state index contributed by atoms with van der Waals surface area (Å²) in [6, 6.07) is 0.578. The Balaban J connectivity index is 1.86. The van der Waals surface area contributed by atoms with E-state index in [4.69, 9.17) is 0 Å². The number of hydrogen-bond acceptors (Lipinski definition) is 2. The summed E-state index contributed by atoms with van der Waals surface area (Å²) in [7, 11) is 0. The molecule has 2 rings (SSSR count). The summed E-state index contributed by atoms with van der Waals surface area (Å²) >= 11 is 0. The van der Waals surface area contributed by atoms with Crippen molar-refractivity contribution in [3.05, 3.63) is 0 Å². The van der Waals surface area contributed by atoms with Gasteiger partial charge in [-0.15, -0.1) is 0 Å². The number of nitrogens with one attached hydrogen (secondary N) is 1. The van der Waals surface area contributed by atoms with E-state index in [-0.39, 0.29) is 5.92 Å². The summed E-state index contributed by atoms with van der Waals surface area (Å²) in [5.74, 6) is -0.365. The third kappa shape index (κ3) is 3.05. The average molecular weight is 253 g/mol. The van der Waals surface area contributed by atoms with Gasteiger partial charge in [0.25, 0.3) is 0 Å². The maximum atomic E-state index is 11.3. The Labute approximate surface area is 110 Å². The predicted octanol–water partition coefficient (Wildman–Crippen LogP) is 3.05. The van der Waals surface area contributed by atoms with Crippen LogP contribution < -0.4 is 5.32 Å². The van der Waals surface area contributed by atoms with E-state index < -0.39 is 5.97 Å². The molecule has 0 amide bonds. The van der Waals surface area contributed by atoms with Crippen LogP contribution in [0.3, 0.4) is 0 Å². The molecule has 0 aromatic rings. The van der Waals surface area contributed by atoms with Gasteiger partial charge in [0.2, 0.25) is 0 Å². The summed E-state index contributed by atoms with van der Waals surface area (Å²) in [5, 5.41) is 12.9. The highest BCUT2D eigenvalue weighted by Crippen LogP contribution is 2.38. The zero-order valence-corrected chi connectivity index (χ0v) is 11.7. The van der Waals surface area contributed by atoms with Gasteiger partial charge < -0.3 is 10.4 Å². The third-order valence-corrected chi connectivity index (χ3v) is 5.11. The molecule has 0 bridgehead atoms. The zero-order valence-electron chi connectivity index (χ0n) is 11.7. The molecule has 3 heteroatoms. The van der Waals surface area contributed by atoms with Gasteiger partial charge in [-0.25, -0.2) is 0 Å². The Hall–Kier alpha value is -0.570. The van der Waals surface area contributed by atoms with Crippen molar-refractivity contribution in [3.8, 4) is 0 Å². The number of carbonyl (C=O) groups is 1. The number of carboxylic acids is 1. The van der Waals surface area contributed by atoms with Gasteiger partial charge in [-0.3, -0.25) is 4.79 Å². The predicted molar refractivity (Wildman–Crippen MR) is 72.5 cm³/mol. The molecular formula is C15H27NO2. The minimum atomic E-state index is -0.591. The molecule has 2 N–H and O–H groups in total. The maximum Gasteiger partial charge on any atom is 0.306 e. The first kappa shape index (κ1) is 13.9. The topological polar surface area (TPSA) is 49.3 Å². The van der Waals surface area contributed by atoms with Crippen LogP contribution >= 0.6 is 0 Å². The van der Waals surface area contributed by atoms with Gasteiger partial charge in [-0.1, -0.05) is 33.1 Å². The van der Waals surface area contributed by atoms with Crippen LogP contribution in [0.5, 0.6) is 0 Å². The van der Waals surface area contributed by atoms with E-state index >= 15 is 0 Å². The van der Waals surface area contributed by atoms with E-state index in [0.29, 0.717) is 17.4 Å². The fourth-order valence-corrected chi connectivity index (χ4v) is 3.78. The van der Waals surface area contributed by atoms with Crippen molar-refractivity contribution in [2.24, 2.45) is 17.3 Å². The Bertz CT molecular complexity index is 301. The lowest BCUT2D eigenvalue weighted by atomic mass is 9.78. The fourth-order valence-electron chi connectivity index (χ4n) is 3.78. The molecule has 0 heterocycles. The van der Waals surface area contributed by atoms with Crippen molar-refractivity contribution >= 4 is 5.97 Å². The highest BCUT2D eigenvalue weighted by Gasteiger charge is 2.36. The molecule has 0 aromatic carbocycles. The van der Waals surface area contributed by atoms with Crippen LogP contribution in [0.4, 0.5) is 0 Å². The second-order valence-corrected chi connectivity index (χ2v) is 6.83. The highest BCUT2D eigenvalue weighted by atomic mass is 16.4. The molecule has 18 heavy (non-hydrogen) atoms. The van der Waals surface area contributed by atoms with Crippen LogP contribution in [0.25, 0.3) is 0 Å². The van der Waals surface area contributed by atoms with Crippen LogP contribution in [-0.4, -0.2) is 23.7 Å². The van der Waals surface area contributed by atoms with Gasteiger partial charge >= 0.3 is 5.97 Å². The fraction of sp³-hybridized carbons (Fsp3) is 0.933. The molecule has 3 nitrogen and oxygen atoms in total. The van der Waals surface area contributed by atoms with E-state index in [0.717, 1.165) is 25.8 Å². The minimum Gasteiger partial charge on any atom is -0.481 e. The molecule has 0 saturated heterocycles. The van der Waals surface area contributed by atoms with Crippen LogP contribution in [0.15, 0.2) is 0 Å². The third-order valence-electron chi connectivity index (χ3n) is 5.11. The lowest BCUT2D eigenvalue weighted by Gasteiger charge is -2.33. The van der Waals surface area contributed by atoms with Crippen molar-refractivity contribution in [2.75, 3.05) is 6.54 Å². The molecule has 3 atom stereocenters. The molecule has 0 aliphatic heterocycles. The molecule has 2 aliphatic rings. The quantitative estimate of drug-likeness (QED) is 0.809. The van der Waals surface area contributed by atoms with Gasteiger partial charge in [-0.2, -0.15) is 0 Å². The normalized spacial score (nSPS) is 35.6. The summed E-state index contributed by atoms with van der Waals surface area (Å²) in [6.07, 6.45) is 8.08. The van der Waals surface area contributed by atoms with E-state index in [9.17, 15) is 9.90 Å². The van der Waals surface area contributed by atoms with Gasteiger partial charge in [0.15, 0.2) is 0 Å². The van der Waals surface area contributed by atoms with Crippen molar-refractivity contribution in [1.29, 1.82) is 0 Å². The molecule has 0 spiro atoms. The molecule has 0 aromatic heterocycles. The Morgan fingerprint density at radius 3 is 2.56 bits per heavy atom. The highest BCUT2D eigenvalue weighted by molar-refractivity contribution is 5.70. The van der Waals surface area contributed by atoms with Crippen LogP contribution in [-0.2, 0) is 4.79 Å². The van der Waals surface area contributed by atoms with Gasteiger partial charge in [0.05, 0.1) is 5.92 Å². The number of rotatable bonds is 4. The molecule has 2 aliphatic carbocycles. The Kier molecular flexibility index (Phi) is 4.31. The average Bonchev–Trinajstić information content (AvgIpc) is 2.66. The Morgan fingerprint density at radius 1 is 1.22 bits per heavy atom. The SMILES string of the molecule is CC1(C)CCCC1NCC1CCCCC1C(=O)O. The van der Waals surface area contributed by atoms with E-state index in [1.54, 1.807) is 0 Å². The van der Waals surface area contributed by atoms with Crippen molar-refractivity contribution in [3.63, 3.8) is 0 Å². The summed E-state index contributed by atoms with van der Waals surface area (Å²) in [6.45, 7) is 5.55. The van der Waals surface area contributed by atoms with Crippen LogP contribution in [0.1, 0.15) is 58.8 Å². The van der Waals surface area contributed by atoms with Crippen molar-refractivity contribution in [2.45, 2.75) is 64.8 Å². The minimum absolute atomic E-state index is 0.115. The summed E-state index contributed by atoms with van der Waals surface area (Å²) in [5.41, 5.74) is 0.382. The molecule has 3 unspecified atom stereocenters. The van der Waals surface area contributed by atoms with E-state index in [2.05, 4.69) is 19.2 Å². The first-order valence-electron chi connectivity index (χ1n) is 7.47. The van der Waals surface area contributed by atoms with Gasteiger partial charge in [-0.05, 0) is 43.6 Å². The standard InChI is InChI=1S/C15H27NO2/c1-15(2)9-5-8-13(15)16-10-11-6-3-4-7-12(11)14(17)18/h11-13,16H,3-10H2,1-2H3,(H,17,18). The molecule has 2 saturated carbocycles. The van der Waals surface area contributed by atoms with Crippen molar-refractivity contribution in [1.82, 2.24) is 5.32 Å². The second kappa shape index (κ2) is 5.60. The molecule has 0 radical (unpaired) electrons. The van der Waals surface area contributed by atoms with E-state index in [1.165, 1.54) is 25.7 Å². The largest absolute Gasteiger partial charge is 0.481 e. The number of hydrogen-bond donors (Lipinski definition) is 2. The molecule has 104 valence electrons. The monoisotopic (exact) mass is 253 g/mol. The zero-order chi connectivity index (χ0) is 13.2. The first-order chi connectivity index (χ1) is 8.50. The maximum absolute atomic E-state index is 11.3. The number of aliphatic carboxylic acids is 1. The van der Waals surface area contributed by atoms with Crippen LogP contribution in [0, 0.1) is 17.3 Å². The van der Waals surface area contributed by atoms with Gasteiger partial charge in [0.1, 0.15) is 0 Å². The molecular weight excluding hydrogens is 226 g/mol. The number of carboxylic acid groups (broad SMARTS) is 1. The lowest BCUT2D eigenvalue weighted by molar-refractivity contribution is -0.144. The summed E-state index contributed by atoms with van der Waals surface area (Å²) in [4.78, 5) is 11.3. The lowest BCUT2D eigenvalue weighted by Crippen LogP contribution is -2.43. The molecule has 2 fully saturated rings. The van der Waals surface area contributed by atoms with E-state index in [1.807, 2.05) is 0 Å². The second-order valence-electron chi connectivity index (χ2n) is 6.83. The summed E-state index contributed by atoms with van der Waals surface area (Å²) < 4.78 is 0. The van der Waals surface area contributed by atoms with Crippen molar-refractivity contribution < 1.29 is 9.90 Å². The Morgan fingerprint density at radius 2 is 1.94 bits per heavy atom. The van der Waals surface area contributed by atoms with Gasteiger partial charge in [0, 0.05) is 6.04 Å². The van der Waals surface area contributed by atoms with Crippen LogP contribution in [0.2, 0.25) is 0 Å².